The van der Waals surface area contributed by atoms with E-state index in [9.17, 15) is 13.2 Å². The normalized spacial score (nSPS) is 16.4. The lowest BCUT2D eigenvalue weighted by Crippen LogP contribution is -2.31. The second-order valence-corrected chi connectivity index (χ2v) is 9.16. The molecule has 1 amide bonds. The first-order chi connectivity index (χ1) is 12.0. The Morgan fingerprint density at radius 1 is 1.12 bits per heavy atom. The van der Waals surface area contributed by atoms with E-state index >= 15 is 0 Å². The van der Waals surface area contributed by atoms with Crippen molar-refractivity contribution in [3.63, 3.8) is 0 Å². The van der Waals surface area contributed by atoms with Gasteiger partial charge in [0.05, 0.1) is 20.5 Å². The smallest absolute Gasteiger partial charge is 0.265 e. The number of hydrogen-bond donors (Lipinski definition) is 1. The van der Waals surface area contributed by atoms with Gasteiger partial charge in [0.15, 0.2) is 0 Å². The fourth-order valence-electron chi connectivity index (χ4n) is 2.75. The number of carbonyl (C=O) groups is 1. The Balaban J connectivity index is 1.77. The van der Waals surface area contributed by atoms with Crippen LogP contribution in [0.1, 0.15) is 35.4 Å². The van der Waals surface area contributed by atoms with Crippen LogP contribution < -0.4 is 5.32 Å². The van der Waals surface area contributed by atoms with Crippen LogP contribution in [0.4, 0.5) is 5.69 Å². The molecule has 1 fully saturated rings. The number of benzene rings is 1. The minimum absolute atomic E-state index is 0.184. The van der Waals surface area contributed by atoms with Crippen molar-refractivity contribution in [3.05, 3.63) is 45.6 Å². The number of rotatable bonds is 4. The number of sulfonamides is 1. The number of halogens is 1. The highest BCUT2D eigenvalue weighted by atomic mass is 35.5. The highest BCUT2D eigenvalue weighted by Crippen LogP contribution is 2.27. The Bertz CT molecular complexity index is 856. The molecule has 0 bridgehead atoms. The molecule has 25 heavy (non-hydrogen) atoms. The van der Waals surface area contributed by atoms with E-state index < -0.39 is 10.0 Å². The van der Waals surface area contributed by atoms with Gasteiger partial charge in [-0.2, -0.15) is 4.31 Å². The molecule has 3 rings (SSSR count). The quantitative estimate of drug-likeness (QED) is 0.838. The van der Waals surface area contributed by atoms with Crippen molar-refractivity contribution < 1.29 is 13.2 Å². The van der Waals surface area contributed by atoms with Gasteiger partial charge in [0.1, 0.15) is 0 Å². The molecular formula is C17H19ClN2O3S2. The minimum atomic E-state index is -3.54. The third-order valence-corrected chi connectivity index (χ3v) is 7.41. The van der Waals surface area contributed by atoms with E-state index in [4.69, 9.17) is 11.6 Å². The molecule has 0 unspecified atom stereocenters. The maximum absolute atomic E-state index is 12.8. The van der Waals surface area contributed by atoms with Crippen molar-refractivity contribution in [2.24, 2.45) is 0 Å². The SMILES string of the molecule is O=C(Nc1ccccc1Cl)c1cc(S(=O)(=O)N2CCCCCC2)cs1. The second kappa shape index (κ2) is 7.86. The van der Waals surface area contributed by atoms with Crippen LogP contribution in [-0.4, -0.2) is 31.7 Å². The highest BCUT2D eigenvalue weighted by molar-refractivity contribution is 7.89. The fourth-order valence-corrected chi connectivity index (χ4v) is 5.61. The predicted molar refractivity (Wildman–Crippen MR) is 101 cm³/mol. The molecule has 1 aromatic carbocycles. The second-order valence-electron chi connectivity index (χ2n) is 5.90. The number of thiophene rings is 1. The summed E-state index contributed by atoms with van der Waals surface area (Å²) in [6, 6.07) is 8.36. The third kappa shape index (κ3) is 4.23. The van der Waals surface area contributed by atoms with Gasteiger partial charge in [-0.05, 0) is 31.0 Å². The molecule has 1 aliphatic heterocycles. The van der Waals surface area contributed by atoms with Crippen molar-refractivity contribution in [2.75, 3.05) is 18.4 Å². The van der Waals surface area contributed by atoms with Gasteiger partial charge in [0.25, 0.3) is 5.91 Å². The van der Waals surface area contributed by atoms with Gasteiger partial charge in [-0.1, -0.05) is 36.6 Å². The van der Waals surface area contributed by atoms with Gasteiger partial charge in [-0.25, -0.2) is 8.42 Å². The van der Waals surface area contributed by atoms with Crippen LogP contribution in [0, 0.1) is 0 Å². The molecule has 8 heteroatoms. The maximum Gasteiger partial charge on any atom is 0.265 e. The number of nitrogens with zero attached hydrogens (tertiary/aromatic N) is 1. The molecule has 0 aliphatic carbocycles. The molecule has 2 heterocycles. The number of carbonyl (C=O) groups excluding carboxylic acids is 1. The molecule has 5 nitrogen and oxygen atoms in total. The van der Waals surface area contributed by atoms with Crippen LogP contribution in [0.15, 0.2) is 40.6 Å². The molecule has 0 saturated carbocycles. The third-order valence-electron chi connectivity index (χ3n) is 4.12. The molecule has 1 aromatic heterocycles. The zero-order chi connectivity index (χ0) is 17.9. The molecule has 0 radical (unpaired) electrons. The molecule has 1 saturated heterocycles. The monoisotopic (exact) mass is 398 g/mol. The van der Waals surface area contributed by atoms with Crippen LogP contribution in [0.2, 0.25) is 5.02 Å². The standard InChI is InChI=1S/C17H19ClN2O3S2/c18-14-7-3-4-8-15(14)19-17(21)16-11-13(12-24-16)25(22,23)20-9-5-1-2-6-10-20/h3-4,7-8,11-12H,1-2,5-6,9-10H2,(H,19,21). The van der Waals surface area contributed by atoms with E-state index in [1.807, 2.05) is 0 Å². The zero-order valence-electron chi connectivity index (χ0n) is 13.6. The number of amides is 1. The van der Waals surface area contributed by atoms with Crippen molar-refractivity contribution in [1.29, 1.82) is 0 Å². The fraction of sp³-hybridized carbons (Fsp3) is 0.353. The number of anilines is 1. The van der Waals surface area contributed by atoms with Gasteiger partial charge in [-0.3, -0.25) is 4.79 Å². The van der Waals surface area contributed by atoms with E-state index in [0.717, 1.165) is 37.0 Å². The molecular weight excluding hydrogens is 380 g/mol. The van der Waals surface area contributed by atoms with Crippen molar-refractivity contribution >= 4 is 44.6 Å². The van der Waals surface area contributed by atoms with Crippen molar-refractivity contribution in [2.45, 2.75) is 30.6 Å². The van der Waals surface area contributed by atoms with E-state index in [1.165, 1.54) is 15.8 Å². The van der Waals surface area contributed by atoms with E-state index in [1.54, 1.807) is 24.3 Å². The molecule has 0 atom stereocenters. The van der Waals surface area contributed by atoms with Crippen LogP contribution in [0.3, 0.4) is 0 Å². The Kier molecular flexibility index (Phi) is 5.78. The topological polar surface area (TPSA) is 66.5 Å². The van der Waals surface area contributed by atoms with Crippen LogP contribution in [0.5, 0.6) is 0 Å². The summed E-state index contributed by atoms with van der Waals surface area (Å²) in [5.74, 6) is -0.365. The summed E-state index contributed by atoms with van der Waals surface area (Å²) in [4.78, 5) is 12.9. The average Bonchev–Trinajstić information content (AvgIpc) is 2.93. The van der Waals surface area contributed by atoms with E-state index in [2.05, 4.69) is 5.32 Å². The van der Waals surface area contributed by atoms with Crippen LogP contribution in [-0.2, 0) is 10.0 Å². The average molecular weight is 399 g/mol. The first kappa shape index (κ1) is 18.4. The summed E-state index contributed by atoms with van der Waals surface area (Å²) in [7, 11) is -3.54. The minimum Gasteiger partial charge on any atom is -0.320 e. The van der Waals surface area contributed by atoms with Crippen LogP contribution in [0.25, 0.3) is 0 Å². The van der Waals surface area contributed by atoms with Crippen molar-refractivity contribution in [3.8, 4) is 0 Å². The van der Waals surface area contributed by atoms with Gasteiger partial charge >= 0.3 is 0 Å². The summed E-state index contributed by atoms with van der Waals surface area (Å²) < 4.78 is 27.1. The van der Waals surface area contributed by atoms with Crippen molar-refractivity contribution in [1.82, 2.24) is 4.31 Å². The van der Waals surface area contributed by atoms with Gasteiger partial charge in [-0.15, -0.1) is 11.3 Å². The Hall–Kier alpha value is -1.41. The Morgan fingerprint density at radius 2 is 1.80 bits per heavy atom. The summed E-state index contributed by atoms with van der Waals surface area (Å²) in [6.45, 7) is 1.08. The van der Waals surface area contributed by atoms with Gasteiger partial charge in [0, 0.05) is 18.5 Å². The summed E-state index contributed by atoms with van der Waals surface area (Å²) >= 11 is 7.15. The number of nitrogens with one attached hydrogen (secondary N) is 1. The lowest BCUT2D eigenvalue weighted by molar-refractivity contribution is 0.103. The zero-order valence-corrected chi connectivity index (χ0v) is 16.0. The van der Waals surface area contributed by atoms with Crippen LogP contribution >= 0.6 is 22.9 Å². The largest absolute Gasteiger partial charge is 0.320 e. The lowest BCUT2D eigenvalue weighted by atomic mass is 10.2. The Labute approximate surface area is 156 Å². The maximum atomic E-state index is 12.8. The molecule has 2 aromatic rings. The first-order valence-corrected chi connectivity index (χ1v) is 10.8. The molecule has 134 valence electrons. The lowest BCUT2D eigenvalue weighted by Gasteiger charge is -2.18. The number of para-hydroxylation sites is 1. The molecule has 1 N–H and O–H groups in total. The summed E-state index contributed by atoms with van der Waals surface area (Å²) in [5.41, 5.74) is 0.500. The first-order valence-electron chi connectivity index (χ1n) is 8.13. The highest BCUT2D eigenvalue weighted by Gasteiger charge is 2.27. The Morgan fingerprint density at radius 3 is 2.48 bits per heavy atom. The van der Waals surface area contributed by atoms with E-state index in [0.29, 0.717) is 28.7 Å². The van der Waals surface area contributed by atoms with E-state index in [-0.39, 0.29) is 10.8 Å². The molecule has 1 aliphatic rings. The van der Waals surface area contributed by atoms with Gasteiger partial charge in [0.2, 0.25) is 10.0 Å². The number of hydrogen-bond acceptors (Lipinski definition) is 4. The predicted octanol–water partition coefficient (Wildman–Crippen LogP) is 4.22. The molecule has 0 spiro atoms. The summed E-state index contributed by atoms with van der Waals surface area (Å²) in [6.07, 6.45) is 3.87. The summed E-state index contributed by atoms with van der Waals surface area (Å²) in [5, 5.41) is 4.68. The van der Waals surface area contributed by atoms with Gasteiger partial charge < -0.3 is 5.32 Å².